The zero-order valence-electron chi connectivity index (χ0n) is 11.5. The number of carboxylic acid groups (broad SMARTS) is 1. The number of halogens is 1. The van der Waals surface area contributed by atoms with E-state index >= 15 is 0 Å². The third-order valence-electron chi connectivity index (χ3n) is 4.33. The van der Waals surface area contributed by atoms with E-state index in [1.165, 1.54) is 0 Å². The maximum absolute atomic E-state index is 12.5. The molecule has 1 unspecified atom stereocenters. The summed E-state index contributed by atoms with van der Waals surface area (Å²) in [5.74, 6) is -2.73. The van der Waals surface area contributed by atoms with E-state index < -0.39 is 17.8 Å². The van der Waals surface area contributed by atoms with E-state index in [2.05, 4.69) is 5.32 Å². The Morgan fingerprint density at radius 2 is 1.95 bits per heavy atom. The molecule has 4 atom stereocenters. The molecule has 112 valence electrons. The average molecular weight is 310 g/mol. The number of benzene rings is 1. The molecule has 0 saturated carbocycles. The predicted molar refractivity (Wildman–Crippen MR) is 77.3 cm³/mol. The molecule has 6 heteroatoms. The summed E-state index contributed by atoms with van der Waals surface area (Å²) in [6.45, 7) is 1.84. The second-order valence-corrected chi connectivity index (χ2v) is 6.01. The summed E-state index contributed by atoms with van der Waals surface area (Å²) in [6.07, 6.45) is 0.777. The molecule has 3 rings (SSSR count). The average Bonchev–Trinajstić information content (AvgIpc) is 3.03. The number of ether oxygens (including phenoxy) is 1. The van der Waals surface area contributed by atoms with Crippen LogP contribution in [0.3, 0.4) is 0 Å². The first-order valence-corrected chi connectivity index (χ1v) is 7.31. The topological polar surface area (TPSA) is 75.6 Å². The van der Waals surface area contributed by atoms with Crippen LogP contribution < -0.4 is 5.32 Å². The summed E-state index contributed by atoms with van der Waals surface area (Å²) >= 11 is 6.10. The van der Waals surface area contributed by atoms with Gasteiger partial charge in [-0.25, -0.2) is 0 Å². The van der Waals surface area contributed by atoms with Crippen LogP contribution in [0.4, 0.5) is 5.69 Å². The summed E-state index contributed by atoms with van der Waals surface area (Å²) in [5, 5.41) is 12.6. The molecule has 1 aromatic rings. The minimum absolute atomic E-state index is 0.307. The van der Waals surface area contributed by atoms with Gasteiger partial charge in [-0.05, 0) is 31.4 Å². The molecule has 1 amide bonds. The molecule has 21 heavy (non-hydrogen) atoms. The van der Waals surface area contributed by atoms with Crippen molar-refractivity contribution in [2.75, 3.05) is 5.32 Å². The number of carbonyl (C=O) groups is 2. The molecule has 2 fully saturated rings. The lowest BCUT2D eigenvalue weighted by Gasteiger charge is -2.24. The zero-order chi connectivity index (χ0) is 15.1. The maximum Gasteiger partial charge on any atom is 0.310 e. The number of fused-ring (bicyclic) bond motifs is 2. The van der Waals surface area contributed by atoms with Crippen LogP contribution >= 0.6 is 11.6 Å². The SMILES string of the molecule is Cc1cccc(Cl)c1NC(=O)[C@@H]1C(C(=O)O)[C@@H]2CC[C@H]1O2. The lowest BCUT2D eigenvalue weighted by Crippen LogP contribution is -2.41. The Balaban J connectivity index is 1.83. The van der Waals surface area contributed by atoms with Crippen molar-refractivity contribution in [2.45, 2.75) is 32.0 Å². The molecule has 2 heterocycles. The summed E-state index contributed by atoms with van der Waals surface area (Å²) in [4.78, 5) is 23.9. The molecule has 2 N–H and O–H groups in total. The second kappa shape index (κ2) is 5.31. The normalized spacial score (nSPS) is 30.4. The Morgan fingerprint density at radius 3 is 2.57 bits per heavy atom. The number of aliphatic carboxylic acids is 1. The van der Waals surface area contributed by atoms with E-state index in [0.717, 1.165) is 12.0 Å². The Hall–Kier alpha value is -1.59. The van der Waals surface area contributed by atoms with Gasteiger partial charge in [-0.15, -0.1) is 0 Å². The highest BCUT2D eigenvalue weighted by molar-refractivity contribution is 6.34. The van der Waals surface area contributed by atoms with Gasteiger partial charge in [-0.1, -0.05) is 23.7 Å². The number of rotatable bonds is 3. The van der Waals surface area contributed by atoms with E-state index in [0.29, 0.717) is 17.1 Å². The molecule has 5 nitrogen and oxygen atoms in total. The van der Waals surface area contributed by atoms with E-state index in [4.69, 9.17) is 16.3 Å². The molecule has 0 aliphatic carbocycles. The van der Waals surface area contributed by atoms with Crippen molar-refractivity contribution in [3.63, 3.8) is 0 Å². The van der Waals surface area contributed by atoms with Gasteiger partial charge in [0, 0.05) is 0 Å². The van der Waals surface area contributed by atoms with Crippen LogP contribution in [0.15, 0.2) is 18.2 Å². The van der Waals surface area contributed by atoms with Crippen LogP contribution in [-0.2, 0) is 14.3 Å². The first-order valence-electron chi connectivity index (χ1n) is 6.93. The fourth-order valence-corrected chi connectivity index (χ4v) is 3.59. The molecular weight excluding hydrogens is 294 g/mol. The van der Waals surface area contributed by atoms with Gasteiger partial charge in [-0.2, -0.15) is 0 Å². The number of carbonyl (C=O) groups excluding carboxylic acids is 1. The number of amides is 1. The quantitative estimate of drug-likeness (QED) is 0.899. The fourth-order valence-electron chi connectivity index (χ4n) is 3.32. The van der Waals surface area contributed by atoms with Crippen LogP contribution in [-0.4, -0.2) is 29.2 Å². The van der Waals surface area contributed by atoms with Crippen molar-refractivity contribution in [1.29, 1.82) is 0 Å². The van der Waals surface area contributed by atoms with Gasteiger partial charge in [0.25, 0.3) is 0 Å². The van der Waals surface area contributed by atoms with Crippen LogP contribution in [0.5, 0.6) is 0 Å². The van der Waals surface area contributed by atoms with Crippen LogP contribution in [0.25, 0.3) is 0 Å². The third kappa shape index (κ3) is 2.40. The van der Waals surface area contributed by atoms with E-state index in [-0.39, 0.29) is 18.1 Å². The van der Waals surface area contributed by atoms with Gasteiger partial charge in [0.1, 0.15) is 0 Å². The van der Waals surface area contributed by atoms with Gasteiger partial charge < -0.3 is 15.2 Å². The second-order valence-electron chi connectivity index (χ2n) is 5.60. The lowest BCUT2D eigenvalue weighted by molar-refractivity contribution is -0.147. The number of nitrogens with one attached hydrogen (secondary N) is 1. The number of anilines is 1. The molecule has 0 spiro atoms. The number of hydrogen-bond acceptors (Lipinski definition) is 3. The molecule has 2 bridgehead atoms. The van der Waals surface area contributed by atoms with Gasteiger partial charge in [0.2, 0.25) is 5.91 Å². The van der Waals surface area contributed by atoms with Crippen LogP contribution in [0.1, 0.15) is 18.4 Å². The molecule has 0 aromatic heterocycles. The smallest absolute Gasteiger partial charge is 0.310 e. The summed E-state index contributed by atoms with van der Waals surface area (Å²) < 4.78 is 5.60. The molecule has 2 saturated heterocycles. The molecule has 2 aliphatic heterocycles. The monoisotopic (exact) mass is 309 g/mol. The van der Waals surface area contributed by atoms with Crippen LogP contribution in [0.2, 0.25) is 5.02 Å². The van der Waals surface area contributed by atoms with E-state index in [1.54, 1.807) is 12.1 Å². The van der Waals surface area contributed by atoms with Gasteiger partial charge in [0.15, 0.2) is 0 Å². The largest absolute Gasteiger partial charge is 0.481 e. The van der Waals surface area contributed by atoms with Crippen molar-refractivity contribution in [1.82, 2.24) is 0 Å². The van der Waals surface area contributed by atoms with Crippen molar-refractivity contribution in [3.8, 4) is 0 Å². The molecule has 1 aromatic carbocycles. The Morgan fingerprint density at radius 1 is 1.29 bits per heavy atom. The molecule has 0 radical (unpaired) electrons. The number of carboxylic acids is 1. The van der Waals surface area contributed by atoms with E-state index in [1.807, 2.05) is 13.0 Å². The highest BCUT2D eigenvalue weighted by Crippen LogP contribution is 2.44. The summed E-state index contributed by atoms with van der Waals surface area (Å²) in [5.41, 5.74) is 1.38. The fraction of sp³-hybridized carbons (Fsp3) is 0.467. The summed E-state index contributed by atoms with van der Waals surface area (Å²) in [7, 11) is 0. The Kier molecular flexibility index (Phi) is 3.63. The minimum Gasteiger partial charge on any atom is -0.481 e. The van der Waals surface area contributed by atoms with E-state index in [9.17, 15) is 14.7 Å². The Bertz CT molecular complexity index is 583. The van der Waals surface area contributed by atoms with Crippen LogP contribution in [0, 0.1) is 18.8 Å². The molecule has 2 aliphatic rings. The first kappa shape index (κ1) is 14.4. The standard InChI is InChI=1S/C15H16ClNO4/c1-7-3-2-4-8(16)13(7)17-14(18)11-9-5-6-10(21-9)12(11)15(19)20/h2-4,9-12H,5-6H2,1H3,(H,17,18)(H,19,20)/t9-,10+,11+,12?/m1/s1. The number of aryl methyl sites for hydroxylation is 1. The highest BCUT2D eigenvalue weighted by atomic mass is 35.5. The van der Waals surface area contributed by atoms with Crippen molar-refractivity contribution < 1.29 is 19.4 Å². The van der Waals surface area contributed by atoms with Crippen molar-refractivity contribution in [2.24, 2.45) is 11.8 Å². The van der Waals surface area contributed by atoms with Gasteiger partial charge in [0.05, 0.1) is 34.8 Å². The zero-order valence-corrected chi connectivity index (χ0v) is 12.3. The minimum atomic E-state index is -0.974. The molecular formula is C15H16ClNO4. The highest BCUT2D eigenvalue weighted by Gasteiger charge is 2.55. The number of para-hydroxylation sites is 1. The third-order valence-corrected chi connectivity index (χ3v) is 4.65. The lowest BCUT2D eigenvalue weighted by atomic mass is 9.78. The summed E-state index contributed by atoms with van der Waals surface area (Å²) in [6, 6.07) is 5.33. The Labute approximate surface area is 127 Å². The van der Waals surface area contributed by atoms with Crippen molar-refractivity contribution >= 4 is 29.2 Å². The maximum atomic E-state index is 12.5. The predicted octanol–water partition coefficient (Wildman–Crippen LogP) is 2.47. The van der Waals surface area contributed by atoms with Crippen molar-refractivity contribution in [3.05, 3.63) is 28.8 Å². The first-order chi connectivity index (χ1) is 9.99. The van der Waals surface area contributed by atoms with Gasteiger partial charge in [-0.3, -0.25) is 9.59 Å². The van der Waals surface area contributed by atoms with Gasteiger partial charge >= 0.3 is 5.97 Å². The number of hydrogen-bond donors (Lipinski definition) is 2.